The van der Waals surface area contributed by atoms with Crippen molar-refractivity contribution in [3.63, 3.8) is 0 Å². The summed E-state index contributed by atoms with van der Waals surface area (Å²) in [4.78, 5) is 12.6. The number of halogens is 1. The summed E-state index contributed by atoms with van der Waals surface area (Å²) in [6.45, 7) is 3.52. The number of hydrogen-bond donors (Lipinski definition) is 2. The third kappa shape index (κ3) is 2.30. The lowest BCUT2D eigenvalue weighted by Gasteiger charge is -2.30. The zero-order valence-electron chi connectivity index (χ0n) is 8.87. The molecule has 0 atom stereocenters. The van der Waals surface area contributed by atoms with E-state index in [1.54, 1.807) is 6.07 Å². The van der Waals surface area contributed by atoms with Crippen molar-refractivity contribution in [2.75, 3.05) is 36.4 Å². The van der Waals surface area contributed by atoms with Crippen LogP contribution in [0.4, 0.5) is 15.8 Å². The van der Waals surface area contributed by atoms with Gasteiger partial charge in [0.2, 0.25) is 6.41 Å². The molecule has 2 N–H and O–H groups in total. The maximum absolute atomic E-state index is 13.1. The third-order valence-corrected chi connectivity index (χ3v) is 2.63. The molecule has 1 aliphatic rings. The summed E-state index contributed by atoms with van der Waals surface area (Å²) < 4.78 is 13.1. The molecular weight excluding hydrogens is 209 g/mol. The molecule has 1 aromatic rings. The van der Waals surface area contributed by atoms with Crippen LogP contribution >= 0.6 is 0 Å². The molecule has 0 radical (unpaired) electrons. The number of benzene rings is 1. The molecular formula is C11H14FN3O. The van der Waals surface area contributed by atoms with E-state index in [9.17, 15) is 9.18 Å². The van der Waals surface area contributed by atoms with Crippen LogP contribution in [0.3, 0.4) is 0 Å². The quantitative estimate of drug-likeness (QED) is 0.745. The van der Waals surface area contributed by atoms with Crippen LogP contribution in [0, 0.1) is 5.82 Å². The number of carbonyl (C=O) groups is 1. The van der Waals surface area contributed by atoms with E-state index in [4.69, 9.17) is 0 Å². The Labute approximate surface area is 93.4 Å². The first kappa shape index (κ1) is 10.9. The van der Waals surface area contributed by atoms with Crippen LogP contribution in [-0.2, 0) is 4.79 Å². The lowest BCUT2D eigenvalue weighted by Crippen LogP contribution is -2.43. The number of carbonyl (C=O) groups excluding carboxylic acids is 1. The van der Waals surface area contributed by atoms with Crippen molar-refractivity contribution in [2.24, 2.45) is 0 Å². The minimum atomic E-state index is -0.344. The van der Waals surface area contributed by atoms with Crippen molar-refractivity contribution in [1.29, 1.82) is 0 Å². The van der Waals surface area contributed by atoms with Crippen LogP contribution in [0.1, 0.15) is 0 Å². The molecule has 0 unspecified atom stereocenters. The summed E-state index contributed by atoms with van der Waals surface area (Å²) in [5, 5.41) is 5.77. The Balaban J connectivity index is 2.26. The van der Waals surface area contributed by atoms with Crippen LogP contribution in [0.2, 0.25) is 0 Å². The van der Waals surface area contributed by atoms with Crippen molar-refractivity contribution in [1.82, 2.24) is 5.32 Å². The van der Waals surface area contributed by atoms with E-state index < -0.39 is 0 Å². The van der Waals surface area contributed by atoms with Gasteiger partial charge in [-0.2, -0.15) is 0 Å². The number of piperazine rings is 1. The second-order valence-electron chi connectivity index (χ2n) is 3.66. The number of nitrogens with one attached hydrogen (secondary N) is 2. The fraction of sp³-hybridized carbons (Fsp3) is 0.364. The zero-order valence-corrected chi connectivity index (χ0v) is 8.87. The smallest absolute Gasteiger partial charge is 0.211 e. The first-order valence-corrected chi connectivity index (χ1v) is 5.26. The molecule has 1 amide bonds. The summed E-state index contributed by atoms with van der Waals surface area (Å²) in [7, 11) is 0. The summed E-state index contributed by atoms with van der Waals surface area (Å²) in [5.74, 6) is -0.344. The highest BCUT2D eigenvalue weighted by Gasteiger charge is 2.14. The third-order valence-electron chi connectivity index (χ3n) is 2.63. The lowest BCUT2D eigenvalue weighted by atomic mass is 10.2. The fourth-order valence-electron chi connectivity index (χ4n) is 1.87. The van der Waals surface area contributed by atoms with E-state index >= 15 is 0 Å². The summed E-state index contributed by atoms with van der Waals surface area (Å²) >= 11 is 0. The average Bonchev–Trinajstić information content (AvgIpc) is 2.31. The monoisotopic (exact) mass is 223 g/mol. The maximum atomic E-state index is 13.1. The molecule has 1 fully saturated rings. The molecule has 1 aromatic carbocycles. The largest absolute Gasteiger partial charge is 0.367 e. The number of rotatable bonds is 3. The van der Waals surface area contributed by atoms with Gasteiger partial charge < -0.3 is 15.5 Å². The Kier molecular flexibility index (Phi) is 3.36. The maximum Gasteiger partial charge on any atom is 0.211 e. The van der Waals surface area contributed by atoms with Gasteiger partial charge in [0.1, 0.15) is 5.82 Å². The first-order valence-electron chi connectivity index (χ1n) is 5.26. The number of anilines is 2. The molecule has 0 bridgehead atoms. The predicted molar refractivity (Wildman–Crippen MR) is 61.2 cm³/mol. The fourth-order valence-corrected chi connectivity index (χ4v) is 1.87. The van der Waals surface area contributed by atoms with Gasteiger partial charge in [0.05, 0.1) is 11.4 Å². The van der Waals surface area contributed by atoms with Gasteiger partial charge in [0.15, 0.2) is 0 Å². The SMILES string of the molecule is O=CNc1cc(F)ccc1N1CCNCC1. The van der Waals surface area contributed by atoms with Crippen molar-refractivity contribution in [3.05, 3.63) is 24.0 Å². The van der Waals surface area contributed by atoms with Gasteiger partial charge in [-0.3, -0.25) is 4.79 Å². The molecule has 1 saturated heterocycles. The molecule has 1 aliphatic heterocycles. The Morgan fingerprint density at radius 2 is 2.12 bits per heavy atom. The Hall–Kier alpha value is -1.62. The molecule has 0 aromatic heterocycles. The highest BCUT2D eigenvalue weighted by molar-refractivity contribution is 5.81. The van der Waals surface area contributed by atoms with Crippen molar-refractivity contribution >= 4 is 17.8 Å². The van der Waals surface area contributed by atoms with Gasteiger partial charge in [0, 0.05) is 26.2 Å². The minimum absolute atomic E-state index is 0.344. The van der Waals surface area contributed by atoms with E-state index in [2.05, 4.69) is 15.5 Å². The second kappa shape index (κ2) is 4.94. The van der Waals surface area contributed by atoms with Gasteiger partial charge in [-0.1, -0.05) is 0 Å². The Bertz CT molecular complexity index is 377. The van der Waals surface area contributed by atoms with Gasteiger partial charge in [-0.05, 0) is 18.2 Å². The molecule has 16 heavy (non-hydrogen) atoms. The van der Waals surface area contributed by atoms with E-state index in [0.717, 1.165) is 31.9 Å². The van der Waals surface area contributed by atoms with Crippen LogP contribution < -0.4 is 15.5 Å². The normalized spacial score (nSPS) is 15.9. The lowest BCUT2D eigenvalue weighted by molar-refractivity contribution is -0.105. The van der Waals surface area contributed by atoms with Crippen molar-refractivity contribution in [3.8, 4) is 0 Å². The van der Waals surface area contributed by atoms with Crippen LogP contribution in [-0.4, -0.2) is 32.6 Å². The van der Waals surface area contributed by atoms with E-state index in [1.807, 2.05) is 0 Å². The topological polar surface area (TPSA) is 44.4 Å². The highest BCUT2D eigenvalue weighted by Crippen LogP contribution is 2.26. The molecule has 4 nitrogen and oxygen atoms in total. The standard InChI is InChI=1S/C11H14FN3O/c12-9-1-2-11(10(7-9)14-8-16)15-5-3-13-4-6-15/h1-2,7-8,13H,3-6H2,(H,14,16). The zero-order chi connectivity index (χ0) is 11.4. The van der Waals surface area contributed by atoms with Crippen molar-refractivity contribution in [2.45, 2.75) is 0 Å². The first-order chi connectivity index (χ1) is 7.81. The average molecular weight is 223 g/mol. The molecule has 86 valence electrons. The molecule has 0 saturated carbocycles. The van der Waals surface area contributed by atoms with E-state index in [-0.39, 0.29) is 5.82 Å². The van der Waals surface area contributed by atoms with Crippen LogP contribution in [0.15, 0.2) is 18.2 Å². The summed E-state index contributed by atoms with van der Waals surface area (Å²) in [5.41, 5.74) is 1.40. The van der Waals surface area contributed by atoms with Gasteiger partial charge >= 0.3 is 0 Å². The van der Waals surface area contributed by atoms with E-state index in [0.29, 0.717) is 12.1 Å². The minimum Gasteiger partial charge on any atom is -0.367 e. The van der Waals surface area contributed by atoms with E-state index in [1.165, 1.54) is 12.1 Å². The van der Waals surface area contributed by atoms with Gasteiger partial charge in [0.25, 0.3) is 0 Å². The Morgan fingerprint density at radius 1 is 1.38 bits per heavy atom. The molecule has 2 rings (SSSR count). The predicted octanol–water partition coefficient (Wildman–Crippen LogP) is 0.804. The number of nitrogens with zero attached hydrogens (tertiary/aromatic N) is 1. The molecule has 0 spiro atoms. The van der Waals surface area contributed by atoms with Gasteiger partial charge in [-0.15, -0.1) is 0 Å². The number of amides is 1. The molecule has 0 aliphatic carbocycles. The second-order valence-corrected chi connectivity index (χ2v) is 3.66. The summed E-state index contributed by atoms with van der Waals surface area (Å²) in [6, 6.07) is 4.45. The van der Waals surface area contributed by atoms with Crippen molar-refractivity contribution < 1.29 is 9.18 Å². The molecule has 5 heteroatoms. The summed E-state index contributed by atoms with van der Waals surface area (Å²) in [6.07, 6.45) is 0.570. The highest BCUT2D eigenvalue weighted by atomic mass is 19.1. The molecule has 1 heterocycles. The van der Waals surface area contributed by atoms with Crippen LogP contribution in [0.5, 0.6) is 0 Å². The van der Waals surface area contributed by atoms with Crippen LogP contribution in [0.25, 0.3) is 0 Å². The number of hydrogen-bond acceptors (Lipinski definition) is 3. The Morgan fingerprint density at radius 3 is 2.81 bits per heavy atom. The van der Waals surface area contributed by atoms with Gasteiger partial charge in [-0.25, -0.2) is 4.39 Å².